The first-order chi connectivity index (χ1) is 8.47. The molecule has 0 aromatic carbocycles. The Balaban J connectivity index is 2.12. The molecule has 1 rings (SSSR count). The highest BCUT2D eigenvalue weighted by Crippen LogP contribution is 1.99. The first kappa shape index (κ1) is 15.1. The SMILES string of the molecule is CN(CCNCCS(C)(=O)=O)Cc1ccncc1. The molecule has 1 aromatic heterocycles. The summed E-state index contributed by atoms with van der Waals surface area (Å²) in [5.74, 6) is 0.196. The first-order valence-electron chi connectivity index (χ1n) is 5.93. The topological polar surface area (TPSA) is 62.3 Å². The molecule has 1 aromatic rings. The van der Waals surface area contributed by atoms with E-state index < -0.39 is 9.84 Å². The normalized spacial score (nSPS) is 11.9. The number of likely N-dealkylation sites (N-methyl/N-ethyl adjacent to an activating group) is 1. The van der Waals surface area contributed by atoms with Crippen LogP contribution in [0.3, 0.4) is 0 Å². The first-order valence-corrected chi connectivity index (χ1v) is 7.99. The molecular weight excluding hydrogens is 250 g/mol. The van der Waals surface area contributed by atoms with Gasteiger partial charge in [0.05, 0.1) is 5.75 Å². The van der Waals surface area contributed by atoms with Crippen LogP contribution >= 0.6 is 0 Å². The van der Waals surface area contributed by atoms with Crippen LogP contribution < -0.4 is 5.32 Å². The van der Waals surface area contributed by atoms with E-state index in [9.17, 15) is 8.42 Å². The Labute approximate surface area is 109 Å². The molecule has 6 heteroatoms. The molecule has 0 saturated heterocycles. The molecule has 102 valence electrons. The quantitative estimate of drug-likeness (QED) is 0.682. The highest BCUT2D eigenvalue weighted by molar-refractivity contribution is 7.90. The molecule has 0 aliphatic carbocycles. The van der Waals surface area contributed by atoms with Gasteiger partial charge in [0.2, 0.25) is 0 Å². The van der Waals surface area contributed by atoms with Gasteiger partial charge in [0.25, 0.3) is 0 Å². The average Bonchev–Trinajstić information content (AvgIpc) is 2.28. The van der Waals surface area contributed by atoms with Crippen LogP contribution in [0.25, 0.3) is 0 Å². The van der Waals surface area contributed by atoms with Crippen molar-refractivity contribution in [1.29, 1.82) is 0 Å². The monoisotopic (exact) mass is 271 g/mol. The Hall–Kier alpha value is -0.980. The van der Waals surface area contributed by atoms with E-state index in [2.05, 4.69) is 15.2 Å². The van der Waals surface area contributed by atoms with Gasteiger partial charge in [0.15, 0.2) is 0 Å². The lowest BCUT2D eigenvalue weighted by Crippen LogP contribution is -2.31. The summed E-state index contributed by atoms with van der Waals surface area (Å²) >= 11 is 0. The van der Waals surface area contributed by atoms with Crippen LogP contribution in [0, 0.1) is 0 Å². The molecule has 1 N–H and O–H groups in total. The van der Waals surface area contributed by atoms with Crippen molar-refractivity contribution in [3.8, 4) is 0 Å². The summed E-state index contributed by atoms with van der Waals surface area (Å²) in [5.41, 5.74) is 1.23. The minimum Gasteiger partial charge on any atom is -0.314 e. The van der Waals surface area contributed by atoms with Crippen molar-refractivity contribution in [3.05, 3.63) is 30.1 Å². The zero-order valence-corrected chi connectivity index (χ0v) is 11.8. The molecule has 0 atom stereocenters. The van der Waals surface area contributed by atoms with Crippen molar-refractivity contribution in [2.24, 2.45) is 0 Å². The smallest absolute Gasteiger partial charge is 0.148 e. The maximum Gasteiger partial charge on any atom is 0.148 e. The maximum absolute atomic E-state index is 10.9. The largest absolute Gasteiger partial charge is 0.314 e. The minimum atomic E-state index is -2.86. The zero-order valence-electron chi connectivity index (χ0n) is 11.0. The number of hydrogen-bond donors (Lipinski definition) is 1. The summed E-state index contributed by atoms with van der Waals surface area (Å²) < 4.78 is 21.8. The van der Waals surface area contributed by atoms with Gasteiger partial charge in [-0.2, -0.15) is 0 Å². The van der Waals surface area contributed by atoms with E-state index in [0.717, 1.165) is 19.6 Å². The number of pyridine rings is 1. The number of rotatable bonds is 8. The van der Waals surface area contributed by atoms with Crippen molar-refractivity contribution in [2.45, 2.75) is 6.54 Å². The second-order valence-electron chi connectivity index (χ2n) is 4.47. The van der Waals surface area contributed by atoms with Gasteiger partial charge in [-0.05, 0) is 24.7 Å². The van der Waals surface area contributed by atoms with Crippen molar-refractivity contribution in [2.75, 3.05) is 38.7 Å². The molecule has 0 saturated carbocycles. The molecule has 0 amide bonds. The summed E-state index contributed by atoms with van der Waals surface area (Å²) in [5, 5.41) is 3.13. The minimum absolute atomic E-state index is 0.196. The maximum atomic E-state index is 10.9. The van der Waals surface area contributed by atoms with E-state index in [0.29, 0.717) is 6.54 Å². The van der Waals surface area contributed by atoms with Gasteiger partial charge >= 0.3 is 0 Å². The molecule has 1 heterocycles. The standard InChI is InChI=1S/C12H21N3O2S/c1-15(11-12-3-5-13-6-4-12)9-7-14-8-10-18(2,16)17/h3-6,14H,7-11H2,1-2H3. The molecule has 0 bridgehead atoms. The molecule has 0 aliphatic rings. The van der Waals surface area contributed by atoms with Gasteiger partial charge in [-0.15, -0.1) is 0 Å². The van der Waals surface area contributed by atoms with Gasteiger partial charge < -0.3 is 10.2 Å². The number of sulfone groups is 1. The molecule has 0 fully saturated rings. The fourth-order valence-electron chi connectivity index (χ4n) is 1.53. The summed E-state index contributed by atoms with van der Waals surface area (Å²) in [7, 11) is -0.816. The van der Waals surface area contributed by atoms with Gasteiger partial charge in [-0.3, -0.25) is 4.98 Å². The van der Waals surface area contributed by atoms with Crippen LogP contribution in [0.15, 0.2) is 24.5 Å². The van der Waals surface area contributed by atoms with Gasteiger partial charge in [-0.25, -0.2) is 8.42 Å². The Kier molecular flexibility index (Phi) is 6.24. The van der Waals surface area contributed by atoms with Crippen molar-refractivity contribution in [3.63, 3.8) is 0 Å². The third kappa shape index (κ3) is 7.37. The predicted molar refractivity (Wildman–Crippen MR) is 73.2 cm³/mol. The van der Waals surface area contributed by atoms with Crippen molar-refractivity contribution >= 4 is 9.84 Å². The fourth-order valence-corrected chi connectivity index (χ4v) is 2.05. The Morgan fingerprint density at radius 1 is 1.28 bits per heavy atom. The number of nitrogens with one attached hydrogen (secondary N) is 1. The molecule has 0 radical (unpaired) electrons. The summed E-state index contributed by atoms with van der Waals surface area (Å²) in [6.45, 7) is 3.06. The van der Waals surface area contributed by atoms with Crippen LogP contribution in [-0.2, 0) is 16.4 Å². The zero-order chi connectivity index (χ0) is 13.4. The molecule has 0 unspecified atom stereocenters. The van der Waals surface area contributed by atoms with Crippen LogP contribution in [0.5, 0.6) is 0 Å². The average molecular weight is 271 g/mol. The lowest BCUT2D eigenvalue weighted by atomic mass is 10.2. The third-order valence-corrected chi connectivity index (χ3v) is 3.47. The van der Waals surface area contributed by atoms with Gasteiger partial charge in [-0.1, -0.05) is 0 Å². The second-order valence-corrected chi connectivity index (χ2v) is 6.73. The molecule has 0 spiro atoms. The third-order valence-electron chi connectivity index (χ3n) is 2.52. The molecule has 5 nitrogen and oxygen atoms in total. The summed E-state index contributed by atoms with van der Waals surface area (Å²) in [4.78, 5) is 6.16. The summed E-state index contributed by atoms with van der Waals surface area (Å²) in [6.07, 6.45) is 4.82. The van der Waals surface area contributed by atoms with Gasteiger partial charge in [0.1, 0.15) is 9.84 Å². The molecule has 0 aliphatic heterocycles. The van der Waals surface area contributed by atoms with E-state index in [1.807, 2.05) is 19.2 Å². The molecular formula is C12H21N3O2S. The number of aromatic nitrogens is 1. The van der Waals surface area contributed by atoms with Crippen molar-refractivity contribution < 1.29 is 8.42 Å². The van der Waals surface area contributed by atoms with Crippen LogP contribution in [0.4, 0.5) is 0 Å². The fraction of sp³-hybridized carbons (Fsp3) is 0.583. The summed E-state index contributed by atoms with van der Waals surface area (Å²) in [6, 6.07) is 3.99. The predicted octanol–water partition coefficient (Wildman–Crippen LogP) is 0.148. The Morgan fingerprint density at radius 3 is 2.56 bits per heavy atom. The van der Waals surface area contributed by atoms with E-state index in [-0.39, 0.29) is 5.75 Å². The number of hydrogen-bond acceptors (Lipinski definition) is 5. The Morgan fingerprint density at radius 2 is 1.94 bits per heavy atom. The van der Waals surface area contributed by atoms with E-state index >= 15 is 0 Å². The van der Waals surface area contributed by atoms with E-state index in [1.54, 1.807) is 12.4 Å². The Bertz CT molecular complexity index is 434. The van der Waals surface area contributed by atoms with Crippen LogP contribution in [-0.4, -0.2) is 57.0 Å². The lowest BCUT2D eigenvalue weighted by molar-refractivity contribution is 0.325. The van der Waals surface area contributed by atoms with E-state index in [4.69, 9.17) is 0 Å². The number of nitrogens with zero attached hydrogens (tertiary/aromatic N) is 2. The van der Waals surface area contributed by atoms with Crippen molar-refractivity contribution in [1.82, 2.24) is 15.2 Å². The lowest BCUT2D eigenvalue weighted by Gasteiger charge is -2.16. The van der Waals surface area contributed by atoms with Crippen LogP contribution in [0.1, 0.15) is 5.56 Å². The van der Waals surface area contributed by atoms with Crippen LogP contribution in [0.2, 0.25) is 0 Å². The second kappa shape index (κ2) is 7.45. The van der Waals surface area contributed by atoms with E-state index in [1.165, 1.54) is 11.8 Å². The highest BCUT2D eigenvalue weighted by Gasteiger charge is 2.02. The molecule has 18 heavy (non-hydrogen) atoms. The highest BCUT2D eigenvalue weighted by atomic mass is 32.2. The van der Waals surface area contributed by atoms with Gasteiger partial charge in [0, 0.05) is 44.8 Å².